The van der Waals surface area contributed by atoms with Gasteiger partial charge in [0, 0.05) is 17.5 Å². The van der Waals surface area contributed by atoms with Crippen LogP contribution in [0, 0.1) is 0 Å². The summed E-state index contributed by atoms with van der Waals surface area (Å²) in [7, 11) is 0. The SMILES string of the molecule is C=C/C=C(\C=C)C1(C(=O)NC2CCCCCC2)Cn2c(cc3sc(CC)cc32)C(=O)N1CCC. The minimum atomic E-state index is -1.16. The quantitative estimate of drug-likeness (QED) is 0.372. The van der Waals surface area contributed by atoms with Crippen LogP contribution in [0.2, 0.25) is 0 Å². The van der Waals surface area contributed by atoms with Gasteiger partial charge in [-0.05, 0) is 43.4 Å². The number of carbonyl (C=O) groups excluding carboxylic acids is 2. The monoisotopic (exact) mass is 479 g/mol. The van der Waals surface area contributed by atoms with E-state index >= 15 is 0 Å². The number of fused-ring (bicyclic) bond motifs is 3. The summed E-state index contributed by atoms with van der Waals surface area (Å²) in [6.07, 6.45) is 13.6. The molecule has 2 aliphatic rings. The van der Waals surface area contributed by atoms with Crippen LogP contribution < -0.4 is 5.32 Å². The Hall–Kier alpha value is -2.60. The van der Waals surface area contributed by atoms with Gasteiger partial charge in [-0.2, -0.15) is 0 Å². The van der Waals surface area contributed by atoms with E-state index in [9.17, 15) is 9.59 Å². The molecule has 0 radical (unpaired) electrons. The van der Waals surface area contributed by atoms with Gasteiger partial charge in [0.05, 0.1) is 16.8 Å². The second-order valence-corrected chi connectivity index (χ2v) is 10.6. The molecule has 0 spiro atoms. The number of rotatable bonds is 8. The van der Waals surface area contributed by atoms with Crippen molar-refractivity contribution in [2.75, 3.05) is 6.54 Å². The summed E-state index contributed by atoms with van der Waals surface area (Å²) in [6, 6.07) is 4.31. The molecule has 0 saturated heterocycles. The fraction of sp³-hybridized carbons (Fsp3) is 0.500. The summed E-state index contributed by atoms with van der Waals surface area (Å²) >= 11 is 1.73. The maximum atomic E-state index is 14.3. The zero-order valence-electron chi connectivity index (χ0n) is 20.6. The Morgan fingerprint density at radius 1 is 1.21 bits per heavy atom. The molecule has 1 aliphatic heterocycles. The summed E-state index contributed by atoms with van der Waals surface area (Å²) in [5.41, 5.74) is 1.25. The summed E-state index contributed by atoms with van der Waals surface area (Å²) in [4.78, 5) is 31.3. The number of aromatic nitrogens is 1. The highest BCUT2D eigenvalue weighted by molar-refractivity contribution is 7.19. The fourth-order valence-electron chi connectivity index (χ4n) is 5.56. The molecule has 5 nitrogen and oxygen atoms in total. The largest absolute Gasteiger partial charge is 0.351 e. The molecule has 0 aromatic carbocycles. The first-order chi connectivity index (χ1) is 16.5. The molecule has 182 valence electrons. The minimum absolute atomic E-state index is 0.0950. The van der Waals surface area contributed by atoms with Crippen molar-refractivity contribution in [1.29, 1.82) is 0 Å². The molecular formula is C28H37N3O2S. The molecule has 4 rings (SSSR count). The lowest BCUT2D eigenvalue weighted by molar-refractivity contribution is -0.132. The van der Waals surface area contributed by atoms with Crippen molar-refractivity contribution in [1.82, 2.24) is 14.8 Å². The van der Waals surface area contributed by atoms with Crippen LogP contribution in [0.15, 0.2) is 49.1 Å². The molecule has 1 atom stereocenters. The zero-order chi connectivity index (χ0) is 24.3. The van der Waals surface area contributed by atoms with Crippen LogP contribution in [0.1, 0.15) is 74.2 Å². The van der Waals surface area contributed by atoms with E-state index in [0.29, 0.717) is 24.4 Å². The van der Waals surface area contributed by atoms with Gasteiger partial charge in [-0.25, -0.2) is 0 Å². The molecule has 0 bridgehead atoms. The van der Waals surface area contributed by atoms with Gasteiger partial charge < -0.3 is 14.8 Å². The number of nitrogens with zero attached hydrogens (tertiary/aromatic N) is 2. The molecule has 1 N–H and O–H groups in total. The van der Waals surface area contributed by atoms with E-state index < -0.39 is 5.54 Å². The Morgan fingerprint density at radius 2 is 1.94 bits per heavy atom. The predicted molar refractivity (Wildman–Crippen MR) is 141 cm³/mol. The van der Waals surface area contributed by atoms with E-state index in [1.807, 2.05) is 19.1 Å². The third-order valence-electron chi connectivity index (χ3n) is 7.31. The number of nitrogens with one attached hydrogen (secondary N) is 1. The van der Waals surface area contributed by atoms with Gasteiger partial charge in [-0.15, -0.1) is 11.3 Å². The van der Waals surface area contributed by atoms with Crippen LogP contribution in [-0.4, -0.2) is 39.4 Å². The van der Waals surface area contributed by atoms with Gasteiger partial charge in [0.25, 0.3) is 11.8 Å². The summed E-state index contributed by atoms with van der Waals surface area (Å²) in [5.74, 6) is -0.199. The van der Waals surface area contributed by atoms with E-state index in [4.69, 9.17) is 0 Å². The van der Waals surface area contributed by atoms with Crippen LogP contribution in [0.3, 0.4) is 0 Å². The Morgan fingerprint density at radius 3 is 2.56 bits per heavy atom. The number of hydrogen-bond acceptors (Lipinski definition) is 3. The molecule has 6 heteroatoms. The van der Waals surface area contributed by atoms with E-state index in [2.05, 4.69) is 36.0 Å². The average Bonchev–Trinajstić information content (AvgIpc) is 3.28. The lowest BCUT2D eigenvalue weighted by Crippen LogP contribution is -2.67. The van der Waals surface area contributed by atoms with E-state index in [1.165, 1.54) is 17.7 Å². The van der Waals surface area contributed by atoms with Crippen LogP contribution in [0.5, 0.6) is 0 Å². The van der Waals surface area contributed by atoms with Crippen LogP contribution in [0.4, 0.5) is 0 Å². The lowest BCUT2D eigenvalue weighted by atomic mass is 9.82. The normalized spacial score (nSPS) is 21.9. The highest BCUT2D eigenvalue weighted by Gasteiger charge is 2.53. The first-order valence-electron chi connectivity index (χ1n) is 12.7. The van der Waals surface area contributed by atoms with Gasteiger partial charge >= 0.3 is 0 Å². The average molecular weight is 480 g/mol. The highest BCUT2D eigenvalue weighted by atomic mass is 32.1. The van der Waals surface area contributed by atoms with E-state index in [-0.39, 0.29) is 17.9 Å². The number of carbonyl (C=O) groups is 2. The van der Waals surface area contributed by atoms with Crippen LogP contribution >= 0.6 is 11.3 Å². The van der Waals surface area contributed by atoms with Gasteiger partial charge in [-0.3, -0.25) is 9.59 Å². The van der Waals surface area contributed by atoms with Gasteiger partial charge in [0.1, 0.15) is 5.69 Å². The second-order valence-electron chi connectivity index (χ2n) is 9.47. The summed E-state index contributed by atoms with van der Waals surface area (Å²) in [5, 5.41) is 3.37. The Labute approximate surface area is 207 Å². The van der Waals surface area contributed by atoms with Crippen molar-refractivity contribution in [3.05, 3.63) is 59.7 Å². The smallest absolute Gasteiger partial charge is 0.271 e. The number of aryl methyl sites for hydroxylation is 1. The van der Waals surface area contributed by atoms with Crippen molar-refractivity contribution in [3.63, 3.8) is 0 Å². The molecule has 2 amide bonds. The number of allylic oxidation sites excluding steroid dienone is 2. The Balaban J connectivity index is 1.87. The number of thiophene rings is 1. The second kappa shape index (κ2) is 10.3. The van der Waals surface area contributed by atoms with E-state index in [1.54, 1.807) is 28.4 Å². The predicted octanol–water partition coefficient (Wildman–Crippen LogP) is 6.01. The summed E-state index contributed by atoms with van der Waals surface area (Å²) in [6.45, 7) is 13.0. The Kier molecular flexibility index (Phi) is 7.46. The van der Waals surface area contributed by atoms with Crippen molar-refractivity contribution < 1.29 is 9.59 Å². The third-order valence-corrected chi connectivity index (χ3v) is 8.52. The summed E-state index contributed by atoms with van der Waals surface area (Å²) < 4.78 is 3.16. The van der Waals surface area contributed by atoms with Crippen molar-refractivity contribution >= 4 is 33.4 Å². The molecule has 1 unspecified atom stereocenters. The third kappa shape index (κ3) is 4.17. The van der Waals surface area contributed by atoms with E-state index in [0.717, 1.165) is 48.7 Å². The van der Waals surface area contributed by atoms with Crippen LogP contribution in [0.25, 0.3) is 10.2 Å². The van der Waals surface area contributed by atoms with Crippen molar-refractivity contribution in [2.24, 2.45) is 0 Å². The molecule has 2 aromatic rings. The van der Waals surface area contributed by atoms with Crippen molar-refractivity contribution in [2.45, 2.75) is 83.3 Å². The standard InChI is InChI=1S/C28H37N3O2S/c1-5-13-20(7-3)28(27(33)29-21-14-11-9-10-12-15-21)19-30-23-17-22(8-4)34-25(23)18-24(30)26(32)31(28)16-6-2/h5,7,13,17-18,21H,1,3,6,8-12,14-16,19H2,2,4H3,(H,29,33)/b20-13+. The number of hydrogen-bond donors (Lipinski definition) is 1. The topological polar surface area (TPSA) is 54.3 Å². The maximum absolute atomic E-state index is 14.3. The minimum Gasteiger partial charge on any atom is -0.351 e. The number of amides is 2. The lowest BCUT2D eigenvalue weighted by Gasteiger charge is -2.47. The molecule has 1 fully saturated rings. The van der Waals surface area contributed by atoms with Crippen molar-refractivity contribution in [3.8, 4) is 0 Å². The van der Waals surface area contributed by atoms with Gasteiger partial charge in [-0.1, -0.05) is 70.9 Å². The Bertz CT molecular complexity index is 1120. The molecule has 2 aromatic heterocycles. The molecule has 34 heavy (non-hydrogen) atoms. The zero-order valence-corrected chi connectivity index (χ0v) is 21.4. The van der Waals surface area contributed by atoms with Crippen LogP contribution in [-0.2, 0) is 17.8 Å². The molecule has 1 aliphatic carbocycles. The maximum Gasteiger partial charge on any atom is 0.271 e. The molecule has 3 heterocycles. The fourth-order valence-corrected chi connectivity index (χ4v) is 6.60. The molecular weight excluding hydrogens is 442 g/mol. The first kappa shape index (κ1) is 24.5. The van der Waals surface area contributed by atoms with Gasteiger partial charge in [0.15, 0.2) is 5.54 Å². The van der Waals surface area contributed by atoms with Gasteiger partial charge in [0.2, 0.25) is 0 Å². The molecule has 1 saturated carbocycles. The first-order valence-corrected chi connectivity index (χ1v) is 13.5. The highest BCUT2D eigenvalue weighted by Crippen LogP contribution is 2.40.